The molecule has 1 unspecified atom stereocenters. The summed E-state index contributed by atoms with van der Waals surface area (Å²) in [6.45, 7) is 4.54. The molecule has 2 aliphatic heterocycles. The molecule has 0 spiro atoms. The first-order valence-electron chi connectivity index (χ1n) is 7.86. The lowest BCUT2D eigenvalue weighted by molar-refractivity contribution is -0.136. The Labute approximate surface area is 134 Å². The van der Waals surface area contributed by atoms with Crippen molar-refractivity contribution in [1.29, 1.82) is 0 Å². The maximum Gasteiger partial charge on any atom is 0.411 e. The van der Waals surface area contributed by atoms with Gasteiger partial charge in [0.1, 0.15) is 12.1 Å². The Hall–Kier alpha value is -2.37. The fourth-order valence-corrected chi connectivity index (χ4v) is 3.01. The van der Waals surface area contributed by atoms with Crippen molar-refractivity contribution in [3.8, 4) is 0 Å². The zero-order valence-electron chi connectivity index (χ0n) is 13.2. The van der Waals surface area contributed by atoms with Gasteiger partial charge in [0.05, 0.1) is 6.54 Å². The second kappa shape index (κ2) is 6.02. The van der Waals surface area contributed by atoms with E-state index in [-0.39, 0.29) is 18.4 Å². The van der Waals surface area contributed by atoms with Gasteiger partial charge >= 0.3 is 6.09 Å². The number of imide groups is 1. The second-order valence-corrected chi connectivity index (χ2v) is 6.32. The van der Waals surface area contributed by atoms with Gasteiger partial charge in [-0.2, -0.15) is 0 Å². The molecule has 3 rings (SSSR count). The van der Waals surface area contributed by atoms with Crippen LogP contribution >= 0.6 is 0 Å². The number of hydrogen-bond donors (Lipinski definition) is 1. The number of rotatable bonds is 3. The molecule has 3 amide bonds. The Kier molecular flexibility index (Phi) is 4.07. The van der Waals surface area contributed by atoms with Crippen molar-refractivity contribution in [2.24, 2.45) is 0 Å². The summed E-state index contributed by atoms with van der Waals surface area (Å²) >= 11 is 0. The van der Waals surface area contributed by atoms with E-state index in [1.807, 2.05) is 24.3 Å². The Morgan fingerprint density at radius 2 is 2.04 bits per heavy atom. The topological polar surface area (TPSA) is 75.7 Å². The lowest BCUT2D eigenvalue weighted by Crippen LogP contribution is -2.52. The molecule has 2 saturated heterocycles. The Balaban J connectivity index is 1.76. The Morgan fingerprint density at radius 1 is 1.26 bits per heavy atom. The van der Waals surface area contributed by atoms with Crippen LogP contribution < -0.4 is 5.32 Å². The summed E-state index contributed by atoms with van der Waals surface area (Å²) < 4.78 is 5.45. The van der Waals surface area contributed by atoms with E-state index in [4.69, 9.17) is 4.74 Å². The molecule has 0 aromatic heterocycles. The van der Waals surface area contributed by atoms with Crippen LogP contribution in [0.25, 0.3) is 0 Å². The molecule has 1 aromatic rings. The molecule has 0 aliphatic carbocycles. The number of nitrogens with one attached hydrogen (secondary N) is 1. The van der Waals surface area contributed by atoms with Crippen LogP contribution in [-0.2, 0) is 14.3 Å². The number of piperidine rings is 1. The van der Waals surface area contributed by atoms with Gasteiger partial charge < -0.3 is 4.74 Å². The number of cyclic esters (lactones) is 1. The summed E-state index contributed by atoms with van der Waals surface area (Å²) in [6, 6.07) is 7.34. The van der Waals surface area contributed by atoms with Crippen molar-refractivity contribution >= 4 is 17.9 Å². The highest BCUT2D eigenvalue weighted by atomic mass is 16.6. The van der Waals surface area contributed by atoms with Crippen LogP contribution in [0.1, 0.15) is 49.8 Å². The highest BCUT2D eigenvalue weighted by Crippen LogP contribution is 2.30. The Bertz CT molecular complexity index is 656. The molecular weight excluding hydrogens is 296 g/mol. The molecule has 2 fully saturated rings. The van der Waals surface area contributed by atoms with Crippen LogP contribution in [0.5, 0.6) is 0 Å². The molecule has 0 bridgehead atoms. The minimum absolute atomic E-state index is 0.244. The van der Waals surface area contributed by atoms with Gasteiger partial charge in [-0.3, -0.25) is 19.8 Å². The molecule has 0 radical (unpaired) electrons. The van der Waals surface area contributed by atoms with Crippen LogP contribution in [0.3, 0.4) is 0 Å². The molecule has 6 heteroatoms. The van der Waals surface area contributed by atoms with Gasteiger partial charge in [-0.15, -0.1) is 0 Å². The van der Waals surface area contributed by atoms with Crippen molar-refractivity contribution in [2.45, 2.75) is 44.8 Å². The lowest BCUT2D eigenvalue weighted by Gasteiger charge is -2.27. The van der Waals surface area contributed by atoms with E-state index in [0.717, 1.165) is 5.56 Å². The zero-order chi connectivity index (χ0) is 16.6. The summed E-state index contributed by atoms with van der Waals surface area (Å²) in [5.74, 6) is -0.326. The number of hydrogen-bond acceptors (Lipinski definition) is 4. The average molecular weight is 316 g/mol. The normalized spacial score (nSPS) is 24.8. The molecule has 122 valence electrons. The van der Waals surface area contributed by atoms with E-state index in [0.29, 0.717) is 18.9 Å². The summed E-state index contributed by atoms with van der Waals surface area (Å²) in [4.78, 5) is 36.7. The van der Waals surface area contributed by atoms with Gasteiger partial charge in [0, 0.05) is 6.42 Å². The number of benzene rings is 1. The van der Waals surface area contributed by atoms with Gasteiger partial charge in [-0.05, 0) is 23.5 Å². The highest BCUT2D eigenvalue weighted by Gasteiger charge is 2.41. The highest BCUT2D eigenvalue weighted by molar-refractivity contribution is 6.01. The van der Waals surface area contributed by atoms with E-state index in [1.165, 1.54) is 10.5 Å². The lowest BCUT2D eigenvalue weighted by atomic mass is 9.98. The largest absolute Gasteiger partial charge is 0.439 e. The molecular formula is C17H20N2O4. The fraction of sp³-hybridized carbons (Fsp3) is 0.471. The maximum atomic E-state index is 12.1. The van der Waals surface area contributed by atoms with E-state index >= 15 is 0 Å². The van der Waals surface area contributed by atoms with Gasteiger partial charge in [0.2, 0.25) is 11.8 Å². The van der Waals surface area contributed by atoms with Crippen LogP contribution in [0.4, 0.5) is 4.79 Å². The molecule has 2 atom stereocenters. The monoisotopic (exact) mass is 316 g/mol. The Morgan fingerprint density at radius 3 is 2.74 bits per heavy atom. The molecule has 2 aliphatic rings. The molecule has 23 heavy (non-hydrogen) atoms. The third kappa shape index (κ3) is 3.06. The third-order valence-corrected chi connectivity index (χ3v) is 4.38. The first kappa shape index (κ1) is 15.5. The minimum atomic E-state index is -0.626. The quantitative estimate of drug-likeness (QED) is 0.867. The van der Waals surface area contributed by atoms with Crippen LogP contribution in [0, 0.1) is 0 Å². The number of ether oxygens (including phenoxy) is 1. The molecule has 6 nitrogen and oxygen atoms in total. The van der Waals surface area contributed by atoms with Crippen molar-refractivity contribution in [1.82, 2.24) is 10.2 Å². The zero-order valence-corrected chi connectivity index (χ0v) is 13.2. The van der Waals surface area contributed by atoms with Crippen molar-refractivity contribution in [3.63, 3.8) is 0 Å². The molecule has 2 heterocycles. The predicted octanol–water partition coefficient (Wildman–Crippen LogP) is 2.11. The first-order valence-corrected chi connectivity index (χ1v) is 7.86. The van der Waals surface area contributed by atoms with Crippen LogP contribution in [0.15, 0.2) is 24.3 Å². The van der Waals surface area contributed by atoms with E-state index in [1.54, 1.807) is 0 Å². The van der Waals surface area contributed by atoms with E-state index < -0.39 is 18.0 Å². The SMILES string of the molecule is CC(C)c1cccc([C@H]2CN(C3CCC(=O)NC3=O)C(=O)O2)c1. The van der Waals surface area contributed by atoms with Gasteiger partial charge in [-0.1, -0.05) is 38.1 Å². The van der Waals surface area contributed by atoms with Crippen molar-refractivity contribution in [2.75, 3.05) is 6.54 Å². The van der Waals surface area contributed by atoms with Gasteiger partial charge in [-0.25, -0.2) is 4.79 Å². The number of nitrogens with zero attached hydrogens (tertiary/aromatic N) is 1. The average Bonchev–Trinajstić information content (AvgIpc) is 2.89. The number of amides is 3. The summed E-state index contributed by atoms with van der Waals surface area (Å²) in [5, 5.41) is 2.28. The summed E-state index contributed by atoms with van der Waals surface area (Å²) in [7, 11) is 0. The minimum Gasteiger partial charge on any atom is -0.439 e. The molecule has 1 N–H and O–H groups in total. The number of carbonyl (C=O) groups is 3. The predicted molar refractivity (Wildman–Crippen MR) is 82.6 cm³/mol. The number of carbonyl (C=O) groups excluding carboxylic acids is 3. The van der Waals surface area contributed by atoms with Crippen molar-refractivity contribution < 1.29 is 19.1 Å². The van der Waals surface area contributed by atoms with Gasteiger partial charge in [0.25, 0.3) is 0 Å². The smallest absolute Gasteiger partial charge is 0.411 e. The third-order valence-electron chi connectivity index (χ3n) is 4.38. The van der Waals surface area contributed by atoms with Gasteiger partial charge in [0.15, 0.2) is 0 Å². The second-order valence-electron chi connectivity index (χ2n) is 6.32. The van der Waals surface area contributed by atoms with E-state index in [2.05, 4.69) is 19.2 Å². The van der Waals surface area contributed by atoms with Crippen LogP contribution in [0.2, 0.25) is 0 Å². The fourth-order valence-electron chi connectivity index (χ4n) is 3.01. The summed E-state index contributed by atoms with van der Waals surface area (Å²) in [5.41, 5.74) is 2.11. The maximum absolute atomic E-state index is 12.1. The molecule has 0 saturated carbocycles. The first-order chi connectivity index (χ1) is 11.0. The summed E-state index contributed by atoms with van der Waals surface area (Å²) in [6.07, 6.45) is -0.294. The van der Waals surface area contributed by atoms with Crippen LogP contribution in [-0.4, -0.2) is 35.4 Å². The standard InChI is InChI=1S/C17H20N2O4/c1-10(2)11-4-3-5-12(8-11)14-9-19(17(22)23-14)13-6-7-15(20)18-16(13)21/h3-5,8,10,13-14H,6-7,9H2,1-2H3,(H,18,20,21)/t13?,14-/m1/s1. The van der Waals surface area contributed by atoms with Crippen molar-refractivity contribution in [3.05, 3.63) is 35.4 Å². The molecule has 1 aromatic carbocycles. The van der Waals surface area contributed by atoms with E-state index in [9.17, 15) is 14.4 Å².